The number of amides is 1. The summed E-state index contributed by atoms with van der Waals surface area (Å²) in [6.45, 7) is 0. The van der Waals surface area contributed by atoms with Crippen LogP contribution in [0.3, 0.4) is 0 Å². The number of aromatic nitrogens is 2. The van der Waals surface area contributed by atoms with Gasteiger partial charge in [0.25, 0.3) is 0 Å². The second-order valence-electron chi connectivity index (χ2n) is 6.25. The zero-order valence-electron chi connectivity index (χ0n) is 15.5. The lowest BCUT2D eigenvalue weighted by Crippen LogP contribution is -2.11. The molecule has 6 nitrogen and oxygen atoms in total. The van der Waals surface area contributed by atoms with Crippen LogP contribution in [0.25, 0.3) is 33.2 Å². The Balaban J connectivity index is 1.86. The fourth-order valence-electron chi connectivity index (χ4n) is 3.20. The van der Waals surface area contributed by atoms with Crippen LogP contribution >= 0.6 is 0 Å². The van der Waals surface area contributed by atoms with Gasteiger partial charge in [-0.05, 0) is 53.1 Å². The molecule has 140 valence electrons. The predicted octanol–water partition coefficient (Wildman–Crippen LogP) is 5.08. The molecule has 0 aliphatic heterocycles. The minimum absolute atomic E-state index is 0.518. The first-order valence-corrected chi connectivity index (χ1v) is 8.75. The van der Waals surface area contributed by atoms with E-state index in [9.17, 15) is 4.79 Å². The van der Waals surface area contributed by atoms with E-state index in [-0.39, 0.29) is 0 Å². The van der Waals surface area contributed by atoms with Crippen LogP contribution < -0.4 is 10.1 Å². The summed E-state index contributed by atoms with van der Waals surface area (Å²) in [6, 6.07) is 17.8. The minimum Gasteiger partial charge on any atom is -0.481 e. The average molecular weight is 373 g/mol. The summed E-state index contributed by atoms with van der Waals surface area (Å²) in [5.74, 6) is 0.546. The molecule has 28 heavy (non-hydrogen) atoms. The fraction of sp³-hybridized carbons (Fsp3) is 0.0909. The number of benzene rings is 2. The Bertz CT molecular complexity index is 1130. The van der Waals surface area contributed by atoms with E-state index in [2.05, 4.69) is 27.4 Å². The molecule has 2 heterocycles. The van der Waals surface area contributed by atoms with Crippen LogP contribution in [0.1, 0.15) is 0 Å². The third-order valence-electron chi connectivity index (χ3n) is 4.55. The first-order chi connectivity index (χ1) is 13.7. The highest BCUT2D eigenvalue weighted by molar-refractivity contribution is 5.97. The number of carbonyl (C=O) groups excluding carboxylic acids is 1. The summed E-state index contributed by atoms with van der Waals surface area (Å²) >= 11 is 0. The van der Waals surface area contributed by atoms with Gasteiger partial charge in [-0.15, -0.1) is 0 Å². The Labute approximate surface area is 162 Å². The summed E-state index contributed by atoms with van der Waals surface area (Å²) in [7, 11) is 2.92. The van der Waals surface area contributed by atoms with E-state index in [0.717, 1.165) is 33.2 Å². The Morgan fingerprint density at radius 1 is 1.00 bits per heavy atom. The van der Waals surface area contributed by atoms with Crippen molar-refractivity contribution >= 4 is 22.7 Å². The lowest BCUT2D eigenvalue weighted by molar-refractivity contribution is 0.187. The van der Waals surface area contributed by atoms with Crippen LogP contribution in [0.15, 0.2) is 67.0 Å². The maximum absolute atomic E-state index is 11.8. The fourth-order valence-corrected chi connectivity index (χ4v) is 3.20. The molecule has 0 saturated carbocycles. The van der Waals surface area contributed by atoms with Gasteiger partial charge in [-0.2, -0.15) is 0 Å². The number of nitrogens with one attached hydrogen (secondary N) is 2. The number of anilines is 1. The van der Waals surface area contributed by atoms with Gasteiger partial charge in [-0.1, -0.05) is 12.1 Å². The summed E-state index contributed by atoms with van der Waals surface area (Å²) in [5.41, 5.74) is 5.57. The van der Waals surface area contributed by atoms with Gasteiger partial charge in [0, 0.05) is 40.6 Å². The Morgan fingerprint density at radius 3 is 2.61 bits per heavy atom. The van der Waals surface area contributed by atoms with Crippen LogP contribution in [0, 0.1) is 0 Å². The molecule has 0 bridgehead atoms. The van der Waals surface area contributed by atoms with Crippen molar-refractivity contribution in [3.63, 3.8) is 0 Å². The normalized spacial score (nSPS) is 10.6. The highest BCUT2D eigenvalue weighted by Crippen LogP contribution is 2.34. The van der Waals surface area contributed by atoms with E-state index in [1.807, 2.05) is 48.7 Å². The number of H-pyrrole nitrogens is 1. The van der Waals surface area contributed by atoms with Crippen LogP contribution in [0.5, 0.6) is 5.88 Å². The highest BCUT2D eigenvalue weighted by atomic mass is 16.5. The molecule has 1 amide bonds. The Kier molecular flexibility index (Phi) is 4.68. The second-order valence-corrected chi connectivity index (χ2v) is 6.25. The lowest BCUT2D eigenvalue weighted by atomic mass is 9.96. The van der Waals surface area contributed by atoms with Gasteiger partial charge in [-0.3, -0.25) is 5.32 Å². The molecule has 0 atom stereocenters. The second kappa shape index (κ2) is 7.44. The molecule has 4 aromatic rings. The van der Waals surface area contributed by atoms with E-state index in [4.69, 9.17) is 9.47 Å². The van der Waals surface area contributed by atoms with E-state index >= 15 is 0 Å². The van der Waals surface area contributed by atoms with Gasteiger partial charge in [0.2, 0.25) is 5.88 Å². The maximum atomic E-state index is 11.8. The molecule has 0 fully saturated rings. The third kappa shape index (κ3) is 3.40. The van der Waals surface area contributed by atoms with Crippen molar-refractivity contribution in [2.45, 2.75) is 0 Å². The van der Waals surface area contributed by atoms with Gasteiger partial charge in [0.15, 0.2) is 0 Å². The van der Waals surface area contributed by atoms with E-state index in [1.54, 1.807) is 13.3 Å². The van der Waals surface area contributed by atoms with Crippen molar-refractivity contribution in [3.8, 4) is 28.1 Å². The Hall–Kier alpha value is -3.80. The van der Waals surface area contributed by atoms with Crippen LogP contribution in [-0.4, -0.2) is 30.3 Å². The number of ether oxygens (including phenoxy) is 2. The van der Waals surface area contributed by atoms with E-state index in [1.165, 1.54) is 7.11 Å². The van der Waals surface area contributed by atoms with Crippen molar-refractivity contribution in [2.24, 2.45) is 0 Å². The van der Waals surface area contributed by atoms with Crippen molar-refractivity contribution < 1.29 is 14.3 Å². The number of methoxy groups -OCH3 is 2. The number of nitrogens with zero attached hydrogens (tertiary/aromatic N) is 1. The largest absolute Gasteiger partial charge is 0.481 e. The molecule has 2 N–H and O–H groups in total. The number of aromatic amines is 1. The monoisotopic (exact) mass is 373 g/mol. The molecule has 2 aromatic carbocycles. The molecule has 0 aliphatic rings. The maximum Gasteiger partial charge on any atom is 0.411 e. The lowest BCUT2D eigenvalue weighted by Gasteiger charge is -2.12. The zero-order valence-corrected chi connectivity index (χ0v) is 15.5. The van der Waals surface area contributed by atoms with Gasteiger partial charge < -0.3 is 14.5 Å². The van der Waals surface area contributed by atoms with Gasteiger partial charge in [-0.25, -0.2) is 9.78 Å². The van der Waals surface area contributed by atoms with Crippen molar-refractivity contribution in [1.29, 1.82) is 0 Å². The SMILES string of the molecule is COC(=O)Nc1cc(-c2ccc(OC)nc2)cc(-c2cccc3[nH]ccc23)c1. The number of rotatable bonds is 4. The molecular weight excluding hydrogens is 354 g/mol. The number of hydrogen-bond acceptors (Lipinski definition) is 4. The topological polar surface area (TPSA) is 76.2 Å². The number of hydrogen-bond donors (Lipinski definition) is 2. The Morgan fingerprint density at radius 2 is 1.86 bits per heavy atom. The quantitative estimate of drug-likeness (QED) is 0.523. The molecule has 0 saturated heterocycles. The summed E-state index contributed by atoms with van der Waals surface area (Å²) in [6.07, 6.45) is 3.14. The summed E-state index contributed by atoms with van der Waals surface area (Å²) in [4.78, 5) is 19.3. The zero-order chi connectivity index (χ0) is 19.5. The molecule has 2 aromatic heterocycles. The third-order valence-corrected chi connectivity index (χ3v) is 4.55. The summed E-state index contributed by atoms with van der Waals surface area (Å²) in [5, 5.41) is 3.87. The van der Waals surface area contributed by atoms with Crippen molar-refractivity contribution in [1.82, 2.24) is 9.97 Å². The van der Waals surface area contributed by atoms with Gasteiger partial charge in [0.1, 0.15) is 0 Å². The van der Waals surface area contributed by atoms with Gasteiger partial charge >= 0.3 is 6.09 Å². The standard InChI is InChI=1S/C22H19N3O3/c1-27-21-7-6-14(13-24-21)15-10-16(12-17(11-15)25-22(26)28-2)18-4-3-5-20-19(18)8-9-23-20/h3-13,23H,1-2H3,(H,25,26). The smallest absolute Gasteiger partial charge is 0.411 e. The summed E-state index contributed by atoms with van der Waals surface area (Å²) < 4.78 is 9.89. The minimum atomic E-state index is -0.518. The molecule has 0 spiro atoms. The average Bonchev–Trinajstić information content (AvgIpc) is 3.22. The van der Waals surface area contributed by atoms with E-state index in [0.29, 0.717) is 11.6 Å². The molecular formula is C22H19N3O3. The first kappa shape index (κ1) is 17.6. The van der Waals surface area contributed by atoms with Crippen molar-refractivity contribution in [2.75, 3.05) is 19.5 Å². The number of carbonyl (C=O) groups is 1. The molecule has 0 radical (unpaired) electrons. The van der Waals surface area contributed by atoms with Crippen LogP contribution in [0.4, 0.5) is 10.5 Å². The molecule has 0 aliphatic carbocycles. The van der Waals surface area contributed by atoms with E-state index < -0.39 is 6.09 Å². The highest BCUT2D eigenvalue weighted by Gasteiger charge is 2.11. The predicted molar refractivity (Wildman–Crippen MR) is 110 cm³/mol. The first-order valence-electron chi connectivity index (χ1n) is 8.75. The van der Waals surface area contributed by atoms with Crippen LogP contribution in [0.2, 0.25) is 0 Å². The van der Waals surface area contributed by atoms with Crippen LogP contribution in [-0.2, 0) is 4.74 Å². The number of fused-ring (bicyclic) bond motifs is 1. The van der Waals surface area contributed by atoms with Gasteiger partial charge in [0.05, 0.1) is 14.2 Å². The molecule has 0 unspecified atom stereocenters. The van der Waals surface area contributed by atoms with Crippen molar-refractivity contribution in [3.05, 3.63) is 67.0 Å². The molecule has 6 heteroatoms. The number of pyridine rings is 1. The molecule has 4 rings (SSSR count).